The van der Waals surface area contributed by atoms with Crippen molar-refractivity contribution >= 4 is 12.0 Å². The number of carbonyl (C=O) groups is 2. The molecule has 3 N–H and O–H groups in total. The van der Waals surface area contributed by atoms with E-state index in [2.05, 4.69) is 15.5 Å². The molecule has 1 aromatic heterocycles. The van der Waals surface area contributed by atoms with Crippen LogP contribution in [-0.2, 0) is 13.0 Å². The summed E-state index contributed by atoms with van der Waals surface area (Å²) in [6, 6.07) is -0.153. The number of aromatic amines is 1. The second-order valence-electron chi connectivity index (χ2n) is 4.24. The third-order valence-electron chi connectivity index (χ3n) is 2.95. The SMILES string of the molecule is CCCNC(=O)N1CCc2[nH]nc(C(=O)O)c2C1. The summed E-state index contributed by atoms with van der Waals surface area (Å²) in [6.07, 6.45) is 1.48. The minimum Gasteiger partial charge on any atom is -0.476 e. The van der Waals surface area contributed by atoms with Crippen LogP contribution in [0.5, 0.6) is 0 Å². The van der Waals surface area contributed by atoms with E-state index in [1.165, 1.54) is 0 Å². The van der Waals surface area contributed by atoms with E-state index >= 15 is 0 Å². The Bertz CT molecular complexity index is 469. The molecular formula is C11H16N4O3. The summed E-state index contributed by atoms with van der Waals surface area (Å²) in [7, 11) is 0. The average molecular weight is 252 g/mol. The van der Waals surface area contributed by atoms with Gasteiger partial charge in [-0.15, -0.1) is 0 Å². The molecule has 0 bridgehead atoms. The zero-order valence-corrected chi connectivity index (χ0v) is 10.2. The number of aromatic carboxylic acids is 1. The summed E-state index contributed by atoms with van der Waals surface area (Å²) in [4.78, 5) is 24.4. The van der Waals surface area contributed by atoms with Crippen molar-refractivity contribution < 1.29 is 14.7 Å². The van der Waals surface area contributed by atoms with Crippen LogP contribution in [0.1, 0.15) is 35.1 Å². The summed E-state index contributed by atoms with van der Waals surface area (Å²) in [5.41, 5.74) is 1.44. The Morgan fingerprint density at radius 1 is 1.56 bits per heavy atom. The minimum atomic E-state index is -1.07. The quantitative estimate of drug-likeness (QED) is 0.733. The highest BCUT2D eigenvalue weighted by Crippen LogP contribution is 2.20. The molecule has 0 spiro atoms. The number of carbonyl (C=O) groups excluding carboxylic acids is 1. The third kappa shape index (κ3) is 2.29. The highest BCUT2D eigenvalue weighted by atomic mass is 16.4. The zero-order valence-electron chi connectivity index (χ0n) is 10.2. The first kappa shape index (κ1) is 12.4. The molecule has 2 rings (SSSR count). The lowest BCUT2D eigenvalue weighted by atomic mass is 10.1. The van der Waals surface area contributed by atoms with Crippen LogP contribution in [0.3, 0.4) is 0 Å². The molecule has 2 heterocycles. The fraction of sp³-hybridized carbons (Fsp3) is 0.545. The van der Waals surface area contributed by atoms with Gasteiger partial charge in [-0.2, -0.15) is 5.10 Å². The molecule has 1 aromatic rings. The van der Waals surface area contributed by atoms with Gasteiger partial charge in [-0.05, 0) is 6.42 Å². The number of H-pyrrole nitrogens is 1. The van der Waals surface area contributed by atoms with Crippen molar-refractivity contribution in [2.45, 2.75) is 26.3 Å². The van der Waals surface area contributed by atoms with E-state index < -0.39 is 5.97 Å². The van der Waals surface area contributed by atoms with Gasteiger partial charge in [0, 0.05) is 30.8 Å². The number of nitrogens with one attached hydrogen (secondary N) is 2. The largest absolute Gasteiger partial charge is 0.476 e. The first-order valence-corrected chi connectivity index (χ1v) is 5.95. The van der Waals surface area contributed by atoms with E-state index in [1.807, 2.05) is 6.92 Å². The fourth-order valence-electron chi connectivity index (χ4n) is 1.99. The smallest absolute Gasteiger partial charge is 0.356 e. The van der Waals surface area contributed by atoms with Gasteiger partial charge in [0.15, 0.2) is 5.69 Å². The number of fused-ring (bicyclic) bond motifs is 1. The Balaban J connectivity index is 2.11. The number of urea groups is 1. The van der Waals surface area contributed by atoms with E-state index in [9.17, 15) is 9.59 Å². The maximum absolute atomic E-state index is 11.8. The van der Waals surface area contributed by atoms with Gasteiger partial charge in [0.2, 0.25) is 0 Å². The second kappa shape index (κ2) is 5.07. The zero-order chi connectivity index (χ0) is 13.1. The predicted octanol–water partition coefficient (Wildman–Crippen LogP) is 0.586. The van der Waals surface area contributed by atoms with E-state index in [-0.39, 0.29) is 11.7 Å². The van der Waals surface area contributed by atoms with E-state index in [0.29, 0.717) is 31.6 Å². The standard InChI is InChI=1S/C11H16N4O3/c1-2-4-12-11(18)15-5-3-8-7(6-15)9(10(16)17)14-13-8/h2-6H2,1H3,(H,12,18)(H,13,14)(H,16,17). The molecule has 18 heavy (non-hydrogen) atoms. The molecule has 0 atom stereocenters. The van der Waals surface area contributed by atoms with Crippen LogP contribution in [0, 0.1) is 0 Å². The van der Waals surface area contributed by atoms with Gasteiger partial charge >= 0.3 is 12.0 Å². The van der Waals surface area contributed by atoms with Gasteiger partial charge < -0.3 is 15.3 Å². The molecule has 0 unspecified atom stereocenters. The lowest BCUT2D eigenvalue weighted by Gasteiger charge is -2.27. The number of carboxylic acids is 1. The lowest BCUT2D eigenvalue weighted by molar-refractivity contribution is 0.0687. The van der Waals surface area contributed by atoms with Crippen molar-refractivity contribution in [2.75, 3.05) is 13.1 Å². The highest BCUT2D eigenvalue weighted by molar-refractivity contribution is 5.87. The molecule has 7 heteroatoms. The monoisotopic (exact) mass is 252 g/mol. The molecule has 0 aromatic carbocycles. The number of aromatic nitrogens is 2. The van der Waals surface area contributed by atoms with Crippen LogP contribution in [0.15, 0.2) is 0 Å². The lowest BCUT2D eigenvalue weighted by Crippen LogP contribution is -2.43. The van der Waals surface area contributed by atoms with Crippen LogP contribution >= 0.6 is 0 Å². The first-order chi connectivity index (χ1) is 8.63. The molecule has 98 valence electrons. The van der Waals surface area contributed by atoms with Gasteiger partial charge in [0.05, 0.1) is 6.54 Å². The Morgan fingerprint density at radius 2 is 2.33 bits per heavy atom. The van der Waals surface area contributed by atoms with Crippen molar-refractivity contribution in [2.24, 2.45) is 0 Å². The van der Waals surface area contributed by atoms with Gasteiger partial charge in [0.25, 0.3) is 0 Å². The maximum atomic E-state index is 11.8. The Morgan fingerprint density at radius 3 is 3.00 bits per heavy atom. The molecular weight excluding hydrogens is 236 g/mol. The van der Waals surface area contributed by atoms with Crippen LogP contribution in [0.4, 0.5) is 4.79 Å². The summed E-state index contributed by atoms with van der Waals surface area (Å²) in [5.74, 6) is -1.07. The predicted molar refractivity (Wildman–Crippen MR) is 63.4 cm³/mol. The number of nitrogens with zero attached hydrogens (tertiary/aromatic N) is 2. The molecule has 2 amide bonds. The van der Waals surface area contributed by atoms with E-state index in [0.717, 1.165) is 12.1 Å². The number of hydrogen-bond donors (Lipinski definition) is 3. The number of amides is 2. The normalized spacial score (nSPS) is 14.2. The van der Waals surface area contributed by atoms with E-state index in [4.69, 9.17) is 5.11 Å². The van der Waals surface area contributed by atoms with Crippen molar-refractivity contribution in [1.82, 2.24) is 20.4 Å². The van der Waals surface area contributed by atoms with Crippen LogP contribution in [0.25, 0.3) is 0 Å². The molecule has 0 radical (unpaired) electrons. The topological polar surface area (TPSA) is 98.3 Å². The summed E-state index contributed by atoms with van der Waals surface area (Å²) in [5, 5.41) is 18.3. The molecule has 0 aliphatic carbocycles. The Labute approximate surface area is 104 Å². The van der Waals surface area contributed by atoms with Gasteiger partial charge in [0.1, 0.15) is 0 Å². The average Bonchev–Trinajstić information content (AvgIpc) is 2.78. The molecule has 1 aliphatic heterocycles. The Hall–Kier alpha value is -2.05. The first-order valence-electron chi connectivity index (χ1n) is 5.95. The highest BCUT2D eigenvalue weighted by Gasteiger charge is 2.27. The van der Waals surface area contributed by atoms with Crippen molar-refractivity contribution in [1.29, 1.82) is 0 Å². The van der Waals surface area contributed by atoms with Crippen molar-refractivity contribution in [3.8, 4) is 0 Å². The molecule has 7 nitrogen and oxygen atoms in total. The summed E-state index contributed by atoms with van der Waals surface area (Å²) < 4.78 is 0. The fourth-order valence-corrected chi connectivity index (χ4v) is 1.99. The van der Waals surface area contributed by atoms with Crippen LogP contribution < -0.4 is 5.32 Å². The second-order valence-corrected chi connectivity index (χ2v) is 4.24. The number of rotatable bonds is 3. The number of hydrogen-bond acceptors (Lipinski definition) is 3. The maximum Gasteiger partial charge on any atom is 0.356 e. The minimum absolute atomic E-state index is 0.0120. The van der Waals surface area contributed by atoms with Crippen LogP contribution in [-0.4, -0.2) is 45.3 Å². The molecule has 0 saturated carbocycles. The van der Waals surface area contributed by atoms with Gasteiger partial charge in [-0.25, -0.2) is 9.59 Å². The van der Waals surface area contributed by atoms with Crippen LogP contribution in [0.2, 0.25) is 0 Å². The summed E-state index contributed by atoms with van der Waals surface area (Å²) in [6.45, 7) is 3.47. The number of carboxylic acid groups (broad SMARTS) is 1. The molecule has 0 saturated heterocycles. The molecule has 0 fully saturated rings. The molecule has 1 aliphatic rings. The third-order valence-corrected chi connectivity index (χ3v) is 2.95. The summed E-state index contributed by atoms with van der Waals surface area (Å²) >= 11 is 0. The van der Waals surface area contributed by atoms with E-state index in [1.54, 1.807) is 4.90 Å². The van der Waals surface area contributed by atoms with Gasteiger partial charge in [-0.3, -0.25) is 5.10 Å². The van der Waals surface area contributed by atoms with Crippen molar-refractivity contribution in [3.63, 3.8) is 0 Å². The Kier molecular flexibility index (Phi) is 3.50. The van der Waals surface area contributed by atoms with Crippen molar-refractivity contribution in [3.05, 3.63) is 17.0 Å². The van der Waals surface area contributed by atoms with Gasteiger partial charge in [-0.1, -0.05) is 6.92 Å².